The minimum Gasteiger partial charge on any atom is -0.480 e. The number of aryl methyl sites for hydroxylation is 1. The van der Waals surface area contributed by atoms with Crippen LogP contribution in [0.4, 0.5) is 0 Å². The van der Waals surface area contributed by atoms with Crippen molar-refractivity contribution < 1.29 is 14.7 Å². The molecule has 17 heavy (non-hydrogen) atoms. The van der Waals surface area contributed by atoms with E-state index in [0.717, 1.165) is 15.6 Å². The lowest BCUT2D eigenvalue weighted by atomic mass is 10.1. The van der Waals surface area contributed by atoms with E-state index >= 15 is 0 Å². The standard InChI is InChI=1S/C11H14INO3S/c1-3-4-7(11(15)16)13-10(14)9-8(12)6(2)5-17-9/h5,7H,3-4H2,1-2H3,(H,13,14)(H,15,16). The SMILES string of the molecule is CCCC(NC(=O)c1scc(C)c1I)C(=O)O. The molecule has 94 valence electrons. The summed E-state index contributed by atoms with van der Waals surface area (Å²) in [6.07, 6.45) is 1.17. The van der Waals surface area contributed by atoms with Gasteiger partial charge in [0, 0.05) is 3.57 Å². The number of carboxylic acid groups (broad SMARTS) is 1. The number of hydrogen-bond donors (Lipinski definition) is 2. The Morgan fingerprint density at radius 1 is 1.59 bits per heavy atom. The fourth-order valence-corrected chi connectivity index (χ4v) is 3.19. The Kier molecular flexibility index (Phi) is 5.38. The predicted octanol–water partition coefficient (Wildman–Crippen LogP) is 2.64. The first kappa shape index (κ1) is 14.4. The molecule has 0 fully saturated rings. The fraction of sp³-hybridized carbons (Fsp3) is 0.455. The highest BCUT2D eigenvalue weighted by Crippen LogP contribution is 2.23. The smallest absolute Gasteiger partial charge is 0.326 e. The molecule has 0 saturated heterocycles. The molecule has 1 unspecified atom stereocenters. The van der Waals surface area contributed by atoms with Gasteiger partial charge in [-0.15, -0.1) is 11.3 Å². The maximum Gasteiger partial charge on any atom is 0.326 e. The van der Waals surface area contributed by atoms with Crippen LogP contribution in [0.1, 0.15) is 35.0 Å². The first-order valence-corrected chi connectivity index (χ1v) is 7.20. The van der Waals surface area contributed by atoms with Gasteiger partial charge in [0.15, 0.2) is 0 Å². The number of hydrogen-bond acceptors (Lipinski definition) is 3. The minimum atomic E-state index is -0.983. The topological polar surface area (TPSA) is 66.4 Å². The summed E-state index contributed by atoms with van der Waals surface area (Å²) in [5, 5.41) is 13.4. The number of nitrogens with one attached hydrogen (secondary N) is 1. The van der Waals surface area contributed by atoms with Gasteiger partial charge in [0.05, 0.1) is 0 Å². The molecule has 1 aromatic heterocycles. The summed E-state index contributed by atoms with van der Waals surface area (Å²) in [5.74, 6) is -1.28. The number of halogens is 1. The van der Waals surface area contributed by atoms with Crippen molar-refractivity contribution in [3.63, 3.8) is 0 Å². The summed E-state index contributed by atoms with van der Waals surface area (Å²) in [6, 6.07) is -0.800. The van der Waals surface area contributed by atoms with Crippen LogP contribution in [0.5, 0.6) is 0 Å². The summed E-state index contributed by atoms with van der Waals surface area (Å²) in [7, 11) is 0. The number of amides is 1. The van der Waals surface area contributed by atoms with E-state index in [1.54, 1.807) is 0 Å². The van der Waals surface area contributed by atoms with Crippen LogP contribution in [-0.2, 0) is 4.79 Å². The van der Waals surface area contributed by atoms with E-state index in [4.69, 9.17) is 5.11 Å². The van der Waals surface area contributed by atoms with Crippen molar-refractivity contribution in [1.82, 2.24) is 5.32 Å². The Balaban J connectivity index is 2.77. The van der Waals surface area contributed by atoms with Gasteiger partial charge in [-0.3, -0.25) is 4.79 Å². The van der Waals surface area contributed by atoms with Crippen molar-refractivity contribution in [2.45, 2.75) is 32.7 Å². The molecule has 0 radical (unpaired) electrons. The van der Waals surface area contributed by atoms with Crippen molar-refractivity contribution in [3.05, 3.63) is 19.4 Å². The molecule has 1 aromatic rings. The second-order valence-corrected chi connectivity index (χ2v) is 5.67. The zero-order valence-corrected chi connectivity index (χ0v) is 12.6. The van der Waals surface area contributed by atoms with Gasteiger partial charge in [-0.05, 0) is 46.9 Å². The number of carboxylic acids is 1. The third kappa shape index (κ3) is 3.67. The molecule has 6 heteroatoms. The largest absolute Gasteiger partial charge is 0.480 e. The number of rotatable bonds is 5. The average molecular weight is 367 g/mol. The lowest BCUT2D eigenvalue weighted by Gasteiger charge is -2.12. The Hall–Kier alpha value is -0.630. The monoisotopic (exact) mass is 367 g/mol. The van der Waals surface area contributed by atoms with Crippen LogP contribution in [0.15, 0.2) is 5.38 Å². The van der Waals surface area contributed by atoms with Crippen molar-refractivity contribution in [3.8, 4) is 0 Å². The maximum absolute atomic E-state index is 11.9. The second-order valence-electron chi connectivity index (χ2n) is 3.71. The summed E-state index contributed by atoms with van der Waals surface area (Å²) < 4.78 is 0.894. The van der Waals surface area contributed by atoms with Gasteiger partial charge in [-0.25, -0.2) is 4.79 Å². The van der Waals surface area contributed by atoms with Gasteiger partial charge in [0.2, 0.25) is 0 Å². The van der Waals surface area contributed by atoms with Gasteiger partial charge < -0.3 is 10.4 Å². The van der Waals surface area contributed by atoms with E-state index in [9.17, 15) is 9.59 Å². The highest BCUT2D eigenvalue weighted by atomic mass is 127. The normalized spacial score (nSPS) is 12.2. The summed E-state index contributed by atoms with van der Waals surface area (Å²) in [5.41, 5.74) is 1.04. The summed E-state index contributed by atoms with van der Waals surface area (Å²) >= 11 is 3.45. The molecule has 1 amide bonds. The van der Waals surface area contributed by atoms with Gasteiger partial charge in [0.1, 0.15) is 10.9 Å². The van der Waals surface area contributed by atoms with Crippen LogP contribution in [0.25, 0.3) is 0 Å². The fourth-order valence-electron chi connectivity index (χ4n) is 1.35. The molecule has 1 atom stereocenters. The third-order valence-electron chi connectivity index (χ3n) is 2.29. The lowest BCUT2D eigenvalue weighted by Crippen LogP contribution is -2.40. The summed E-state index contributed by atoms with van der Waals surface area (Å²) in [4.78, 5) is 23.4. The molecular formula is C11H14INO3S. The molecule has 1 rings (SSSR count). The molecule has 0 bridgehead atoms. The first-order chi connectivity index (χ1) is 7.97. The zero-order chi connectivity index (χ0) is 13.0. The number of thiophene rings is 1. The molecule has 1 heterocycles. The molecule has 0 aliphatic carbocycles. The van der Waals surface area contributed by atoms with E-state index in [-0.39, 0.29) is 5.91 Å². The van der Waals surface area contributed by atoms with Crippen molar-refractivity contribution >= 4 is 45.8 Å². The van der Waals surface area contributed by atoms with Crippen LogP contribution < -0.4 is 5.32 Å². The minimum absolute atomic E-state index is 0.298. The number of aliphatic carboxylic acids is 1. The van der Waals surface area contributed by atoms with Crippen LogP contribution >= 0.6 is 33.9 Å². The highest BCUT2D eigenvalue weighted by Gasteiger charge is 2.22. The third-order valence-corrected chi connectivity index (χ3v) is 5.14. The number of carbonyl (C=O) groups is 2. The van der Waals surface area contributed by atoms with Crippen LogP contribution in [0.3, 0.4) is 0 Å². The molecule has 0 spiro atoms. The molecule has 0 aliphatic rings. The van der Waals surface area contributed by atoms with E-state index < -0.39 is 12.0 Å². The van der Waals surface area contributed by atoms with Crippen LogP contribution in [-0.4, -0.2) is 23.0 Å². The Morgan fingerprint density at radius 3 is 2.65 bits per heavy atom. The molecule has 0 saturated carbocycles. The van der Waals surface area contributed by atoms with Crippen LogP contribution in [0.2, 0.25) is 0 Å². The Labute approximate surface area is 118 Å². The molecule has 0 aliphatic heterocycles. The Morgan fingerprint density at radius 2 is 2.24 bits per heavy atom. The predicted molar refractivity (Wildman–Crippen MR) is 75.6 cm³/mol. The zero-order valence-electron chi connectivity index (χ0n) is 9.62. The number of carbonyl (C=O) groups excluding carboxylic acids is 1. The quantitative estimate of drug-likeness (QED) is 0.787. The average Bonchev–Trinajstić information content (AvgIpc) is 2.59. The van der Waals surface area contributed by atoms with Crippen molar-refractivity contribution in [2.75, 3.05) is 0 Å². The lowest BCUT2D eigenvalue weighted by molar-refractivity contribution is -0.139. The molecular weight excluding hydrogens is 353 g/mol. The van der Waals surface area contributed by atoms with Crippen molar-refractivity contribution in [2.24, 2.45) is 0 Å². The van der Waals surface area contributed by atoms with Gasteiger partial charge in [-0.1, -0.05) is 13.3 Å². The van der Waals surface area contributed by atoms with Gasteiger partial charge in [-0.2, -0.15) is 0 Å². The van der Waals surface area contributed by atoms with E-state index in [0.29, 0.717) is 11.3 Å². The molecule has 0 aromatic carbocycles. The van der Waals surface area contributed by atoms with Crippen LogP contribution in [0, 0.1) is 10.5 Å². The van der Waals surface area contributed by atoms with Crippen molar-refractivity contribution in [1.29, 1.82) is 0 Å². The van der Waals surface area contributed by atoms with Gasteiger partial charge >= 0.3 is 5.97 Å². The first-order valence-electron chi connectivity index (χ1n) is 5.24. The maximum atomic E-state index is 11.9. The second kappa shape index (κ2) is 6.34. The molecule has 2 N–H and O–H groups in total. The van der Waals surface area contributed by atoms with E-state index in [1.807, 2.05) is 19.2 Å². The molecule has 4 nitrogen and oxygen atoms in total. The summed E-state index contributed by atoms with van der Waals surface area (Å²) in [6.45, 7) is 3.82. The Bertz CT molecular complexity index is 430. The van der Waals surface area contributed by atoms with Gasteiger partial charge in [0.25, 0.3) is 5.91 Å². The highest BCUT2D eigenvalue weighted by molar-refractivity contribution is 14.1. The van der Waals surface area contributed by atoms with E-state index in [2.05, 4.69) is 27.9 Å². The van der Waals surface area contributed by atoms with E-state index in [1.165, 1.54) is 11.3 Å².